The second-order valence-electron chi connectivity index (χ2n) is 8.13. The number of amides is 2. The van der Waals surface area contributed by atoms with Gasteiger partial charge in [0.05, 0.1) is 12.6 Å². The third-order valence-electron chi connectivity index (χ3n) is 5.44. The molecule has 1 aromatic heterocycles. The molecule has 1 aromatic carbocycles. The third kappa shape index (κ3) is 6.84. The van der Waals surface area contributed by atoms with Gasteiger partial charge >= 0.3 is 0 Å². The molecule has 2 unspecified atom stereocenters. The summed E-state index contributed by atoms with van der Waals surface area (Å²) in [6.45, 7) is 5.89. The normalized spacial score (nSPS) is 16.3. The molecule has 1 aliphatic heterocycles. The zero-order valence-electron chi connectivity index (χ0n) is 19.8. The molecule has 2 heterocycles. The van der Waals surface area contributed by atoms with E-state index in [1.165, 1.54) is 22.0 Å². The van der Waals surface area contributed by atoms with Crippen molar-refractivity contribution in [1.82, 2.24) is 35.4 Å². The molecular weight excluding hydrogens is 441 g/mol. The van der Waals surface area contributed by atoms with Crippen LogP contribution in [0, 0.1) is 5.82 Å². The molecule has 0 radical (unpaired) electrons. The number of nitrogens with zero attached hydrogens (tertiary/aromatic N) is 5. The predicted molar refractivity (Wildman–Crippen MR) is 124 cm³/mol. The number of halogens is 1. The van der Waals surface area contributed by atoms with Gasteiger partial charge in [0.15, 0.2) is 0 Å². The third-order valence-corrected chi connectivity index (χ3v) is 5.44. The molecule has 10 nitrogen and oxygen atoms in total. The molecule has 2 aromatic rings. The van der Waals surface area contributed by atoms with E-state index in [1.807, 2.05) is 24.9 Å². The number of nitrogens with one attached hydrogen (secondary N) is 2. The Bertz CT molecular complexity index is 996. The molecular formula is C23H32FN7O3. The van der Waals surface area contributed by atoms with E-state index in [9.17, 15) is 14.0 Å². The zero-order valence-corrected chi connectivity index (χ0v) is 19.8. The number of aromatic nitrogens is 3. The summed E-state index contributed by atoms with van der Waals surface area (Å²) in [7, 11) is 1.70. The minimum atomic E-state index is -0.399. The lowest BCUT2D eigenvalue weighted by atomic mass is 10.2. The zero-order chi connectivity index (χ0) is 24.5. The SMILES string of the molecule is CCOCCC1C=C(N(C)C=O)N(CCC(C)NC(=O)c2ncn(Cc3ccccc3F)n2)N1. The Balaban J connectivity index is 1.50. The van der Waals surface area contributed by atoms with Crippen LogP contribution in [-0.4, -0.2) is 75.9 Å². The highest BCUT2D eigenvalue weighted by Crippen LogP contribution is 2.17. The number of carbonyl (C=O) groups excluding carboxylic acids is 2. The maximum Gasteiger partial charge on any atom is 0.291 e. The van der Waals surface area contributed by atoms with Gasteiger partial charge in [0.25, 0.3) is 5.91 Å². The van der Waals surface area contributed by atoms with Crippen molar-refractivity contribution in [2.45, 2.75) is 45.3 Å². The van der Waals surface area contributed by atoms with E-state index in [0.29, 0.717) is 31.7 Å². The van der Waals surface area contributed by atoms with Gasteiger partial charge in [-0.15, -0.1) is 5.10 Å². The van der Waals surface area contributed by atoms with Gasteiger partial charge in [-0.05, 0) is 38.8 Å². The summed E-state index contributed by atoms with van der Waals surface area (Å²) < 4.78 is 20.7. The Morgan fingerprint density at radius 2 is 2.21 bits per heavy atom. The van der Waals surface area contributed by atoms with Gasteiger partial charge in [-0.25, -0.2) is 19.5 Å². The van der Waals surface area contributed by atoms with E-state index in [1.54, 1.807) is 25.2 Å². The highest BCUT2D eigenvalue weighted by molar-refractivity contribution is 5.90. The van der Waals surface area contributed by atoms with Gasteiger partial charge < -0.3 is 15.0 Å². The number of hydrogen-bond acceptors (Lipinski definition) is 7. The molecule has 11 heteroatoms. The summed E-state index contributed by atoms with van der Waals surface area (Å²) in [5.74, 6) is 0.0646. The van der Waals surface area contributed by atoms with Crippen molar-refractivity contribution in [2.24, 2.45) is 0 Å². The first-order chi connectivity index (χ1) is 16.4. The number of carbonyl (C=O) groups is 2. The minimum Gasteiger partial charge on any atom is -0.382 e. The molecule has 0 bridgehead atoms. The Labute approximate surface area is 198 Å². The summed E-state index contributed by atoms with van der Waals surface area (Å²) in [6, 6.07) is 6.31. The fraction of sp³-hybridized carbons (Fsp3) is 0.478. The number of ether oxygens (including phenoxy) is 1. The quantitative estimate of drug-likeness (QED) is 0.336. The van der Waals surface area contributed by atoms with Crippen LogP contribution in [0.3, 0.4) is 0 Å². The van der Waals surface area contributed by atoms with E-state index in [2.05, 4.69) is 20.8 Å². The van der Waals surface area contributed by atoms with Crippen molar-refractivity contribution in [2.75, 3.05) is 26.8 Å². The first kappa shape index (κ1) is 25.3. The van der Waals surface area contributed by atoms with Crippen LogP contribution in [0.25, 0.3) is 0 Å². The molecule has 0 spiro atoms. The largest absolute Gasteiger partial charge is 0.382 e. The van der Waals surface area contributed by atoms with Crippen LogP contribution in [0.15, 0.2) is 42.5 Å². The molecule has 2 atom stereocenters. The van der Waals surface area contributed by atoms with Gasteiger partial charge in [-0.3, -0.25) is 14.6 Å². The Kier molecular flexibility index (Phi) is 9.11. The molecule has 0 saturated carbocycles. The average Bonchev–Trinajstić information content (AvgIpc) is 3.46. The van der Waals surface area contributed by atoms with E-state index in [0.717, 1.165) is 18.7 Å². The second kappa shape index (κ2) is 12.2. The first-order valence-electron chi connectivity index (χ1n) is 11.4. The van der Waals surface area contributed by atoms with Crippen molar-refractivity contribution < 1.29 is 18.7 Å². The van der Waals surface area contributed by atoms with Crippen LogP contribution in [0.2, 0.25) is 0 Å². The average molecular weight is 474 g/mol. The maximum atomic E-state index is 13.8. The van der Waals surface area contributed by atoms with Crippen LogP contribution >= 0.6 is 0 Å². The molecule has 0 fully saturated rings. The molecule has 2 amide bonds. The molecule has 34 heavy (non-hydrogen) atoms. The monoisotopic (exact) mass is 473 g/mol. The van der Waals surface area contributed by atoms with Gasteiger partial charge in [0.2, 0.25) is 12.2 Å². The Hall–Kier alpha value is -3.31. The van der Waals surface area contributed by atoms with Crippen LogP contribution < -0.4 is 10.7 Å². The molecule has 2 N–H and O–H groups in total. The van der Waals surface area contributed by atoms with Crippen LogP contribution in [0.5, 0.6) is 0 Å². The molecule has 0 saturated heterocycles. The maximum absolute atomic E-state index is 13.8. The molecule has 1 aliphatic rings. The van der Waals surface area contributed by atoms with E-state index in [-0.39, 0.29) is 30.3 Å². The standard InChI is InChI=1S/C23H32FN7O3/c1-4-34-12-10-19-13-21(29(3)16-32)31(27-19)11-9-17(2)26-23(33)22-25-15-30(28-22)14-18-7-5-6-8-20(18)24/h5-8,13,15-17,19,27H,4,9-12,14H2,1-3H3,(H,26,33). The first-order valence-corrected chi connectivity index (χ1v) is 11.4. The van der Waals surface area contributed by atoms with Crippen molar-refractivity contribution in [3.05, 3.63) is 59.7 Å². The second-order valence-corrected chi connectivity index (χ2v) is 8.13. The smallest absolute Gasteiger partial charge is 0.291 e. The van der Waals surface area contributed by atoms with Gasteiger partial charge in [0, 0.05) is 38.4 Å². The summed E-state index contributed by atoms with van der Waals surface area (Å²) in [6.07, 6.45) is 5.59. The fourth-order valence-corrected chi connectivity index (χ4v) is 3.58. The number of hydrogen-bond donors (Lipinski definition) is 2. The minimum absolute atomic E-state index is 0.0275. The van der Waals surface area contributed by atoms with Crippen molar-refractivity contribution in [1.29, 1.82) is 0 Å². The van der Waals surface area contributed by atoms with Crippen LogP contribution in [-0.2, 0) is 16.1 Å². The van der Waals surface area contributed by atoms with Crippen LogP contribution in [0.1, 0.15) is 42.9 Å². The summed E-state index contributed by atoms with van der Waals surface area (Å²) in [4.78, 5) is 29.4. The van der Waals surface area contributed by atoms with E-state index >= 15 is 0 Å². The number of benzene rings is 1. The summed E-state index contributed by atoms with van der Waals surface area (Å²) in [5.41, 5.74) is 3.84. The lowest BCUT2D eigenvalue weighted by molar-refractivity contribution is -0.116. The molecule has 0 aliphatic carbocycles. The van der Waals surface area contributed by atoms with Crippen molar-refractivity contribution >= 4 is 12.3 Å². The molecule has 184 valence electrons. The lowest BCUT2D eigenvalue weighted by Crippen LogP contribution is -2.43. The number of hydrazine groups is 1. The lowest BCUT2D eigenvalue weighted by Gasteiger charge is -2.28. The molecule has 3 rings (SSSR count). The Morgan fingerprint density at radius 1 is 1.41 bits per heavy atom. The topological polar surface area (TPSA) is 105 Å². The van der Waals surface area contributed by atoms with E-state index in [4.69, 9.17) is 4.74 Å². The van der Waals surface area contributed by atoms with Gasteiger partial charge in [-0.1, -0.05) is 18.2 Å². The van der Waals surface area contributed by atoms with Gasteiger partial charge in [0.1, 0.15) is 18.0 Å². The van der Waals surface area contributed by atoms with Crippen LogP contribution in [0.4, 0.5) is 4.39 Å². The van der Waals surface area contributed by atoms with E-state index < -0.39 is 5.91 Å². The Morgan fingerprint density at radius 3 is 2.94 bits per heavy atom. The number of rotatable bonds is 13. The predicted octanol–water partition coefficient (Wildman–Crippen LogP) is 1.52. The van der Waals surface area contributed by atoms with Gasteiger partial charge in [-0.2, -0.15) is 0 Å². The van der Waals surface area contributed by atoms with Crippen molar-refractivity contribution in [3.8, 4) is 0 Å². The summed E-state index contributed by atoms with van der Waals surface area (Å²) >= 11 is 0. The van der Waals surface area contributed by atoms with Crippen molar-refractivity contribution in [3.63, 3.8) is 0 Å². The summed E-state index contributed by atoms with van der Waals surface area (Å²) in [5, 5.41) is 8.97. The highest BCUT2D eigenvalue weighted by Gasteiger charge is 2.25. The highest BCUT2D eigenvalue weighted by atomic mass is 19.1. The fourth-order valence-electron chi connectivity index (χ4n) is 3.58.